The number of hydrogen-bond acceptors (Lipinski definition) is 3. The maximum atomic E-state index is 12.8. The number of nitrogens with zero attached hydrogens (tertiary/aromatic N) is 1. The Morgan fingerprint density at radius 3 is 2.43 bits per heavy atom. The Balaban J connectivity index is 1.84. The van der Waals surface area contributed by atoms with E-state index < -0.39 is 5.82 Å². The summed E-state index contributed by atoms with van der Waals surface area (Å²) in [5.41, 5.74) is 1.40. The summed E-state index contributed by atoms with van der Waals surface area (Å²) < 4.78 is 12.8. The van der Waals surface area contributed by atoms with Gasteiger partial charge in [0.05, 0.1) is 0 Å². The molecule has 1 aromatic heterocycles. The van der Waals surface area contributed by atoms with Crippen molar-refractivity contribution in [3.63, 3.8) is 0 Å². The summed E-state index contributed by atoms with van der Waals surface area (Å²) in [6.07, 6.45) is 1.79. The highest BCUT2D eigenvalue weighted by Gasteiger charge is 2.10. The molecule has 0 aliphatic carbocycles. The third-order valence-electron chi connectivity index (χ3n) is 2.92. The molecule has 4 nitrogen and oxygen atoms in total. The van der Waals surface area contributed by atoms with Gasteiger partial charge in [-0.2, -0.15) is 0 Å². The summed E-state index contributed by atoms with van der Waals surface area (Å²) in [4.78, 5) is 27.6. The molecule has 0 atom stereocenters. The van der Waals surface area contributed by atoms with Gasteiger partial charge in [0.25, 0.3) is 0 Å². The molecule has 108 valence electrons. The topological polar surface area (TPSA) is 59.1 Å². The summed E-state index contributed by atoms with van der Waals surface area (Å²) in [6.45, 7) is 1.90. The molecule has 0 saturated carbocycles. The molecule has 0 unspecified atom stereocenters. The van der Waals surface area contributed by atoms with Crippen LogP contribution < -0.4 is 5.32 Å². The number of halogens is 1. The van der Waals surface area contributed by atoms with Crippen LogP contribution in [0.15, 0.2) is 42.6 Å². The number of carbonyl (C=O) groups is 2. The van der Waals surface area contributed by atoms with Crippen LogP contribution in [-0.4, -0.2) is 16.7 Å². The minimum absolute atomic E-state index is 0.0613. The standard InChI is InChI=1S/C16H15FN2O2/c1-11-2-8-15(18-10-11)19-16(21)9-7-14(20)12-3-5-13(17)6-4-12/h2-6,8,10H,7,9H2,1H3,(H,18,19,21). The number of nitrogens with one attached hydrogen (secondary N) is 1. The lowest BCUT2D eigenvalue weighted by atomic mass is 10.1. The third kappa shape index (κ3) is 4.49. The number of benzene rings is 1. The van der Waals surface area contributed by atoms with Gasteiger partial charge in [-0.05, 0) is 42.8 Å². The van der Waals surface area contributed by atoms with E-state index in [1.165, 1.54) is 24.3 Å². The first-order valence-electron chi connectivity index (χ1n) is 6.56. The second-order valence-corrected chi connectivity index (χ2v) is 4.70. The fourth-order valence-corrected chi connectivity index (χ4v) is 1.75. The van der Waals surface area contributed by atoms with Gasteiger partial charge >= 0.3 is 0 Å². The van der Waals surface area contributed by atoms with E-state index in [9.17, 15) is 14.0 Å². The van der Waals surface area contributed by atoms with Crippen molar-refractivity contribution in [3.05, 3.63) is 59.5 Å². The van der Waals surface area contributed by atoms with Gasteiger partial charge in [-0.1, -0.05) is 6.07 Å². The Hall–Kier alpha value is -2.56. The molecule has 2 rings (SSSR count). The van der Waals surface area contributed by atoms with Gasteiger partial charge in [0.1, 0.15) is 11.6 Å². The number of hydrogen-bond donors (Lipinski definition) is 1. The highest BCUT2D eigenvalue weighted by molar-refractivity contribution is 5.99. The van der Waals surface area contributed by atoms with E-state index >= 15 is 0 Å². The van der Waals surface area contributed by atoms with Crippen LogP contribution in [0.2, 0.25) is 0 Å². The molecule has 5 heteroatoms. The van der Waals surface area contributed by atoms with Crippen LogP contribution in [0.1, 0.15) is 28.8 Å². The van der Waals surface area contributed by atoms with E-state index in [1.54, 1.807) is 12.3 Å². The van der Waals surface area contributed by atoms with Crippen molar-refractivity contribution in [2.75, 3.05) is 5.32 Å². The van der Waals surface area contributed by atoms with Gasteiger partial charge < -0.3 is 5.32 Å². The van der Waals surface area contributed by atoms with Crippen LogP contribution in [0.3, 0.4) is 0 Å². The van der Waals surface area contributed by atoms with Crippen molar-refractivity contribution in [1.29, 1.82) is 0 Å². The normalized spacial score (nSPS) is 10.2. The summed E-state index contributed by atoms with van der Waals surface area (Å²) in [6, 6.07) is 8.82. The molecule has 0 spiro atoms. The molecule has 21 heavy (non-hydrogen) atoms. The number of anilines is 1. The zero-order valence-electron chi connectivity index (χ0n) is 11.6. The van der Waals surface area contributed by atoms with Crippen LogP contribution >= 0.6 is 0 Å². The predicted molar refractivity (Wildman–Crippen MR) is 77.6 cm³/mol. The number of aryl methyl sites for hydroxylation is 1. The zero-order valence-corrected chi connectivity index (χ0v) is 11.6. The lowest BCUT2D eigenvalue weighted by Crippen LogP contribution is -2.14. The van der Waals surface area contributed by atoms with Crippen LogP contribution in [0.5, 0.6) is 0 Å². The monoisotopic (exact) mass is 286 g/mol. The first-order chi connectivity index (χ1) is 10.0. The van der Waals surface area contributed by atoms with Gasteiger partial charge in [0.2, 0.25) is 5.91 Å². The van der Waals surface area contributed by atoms with Gasteiger partial charge in [-0.3, -0.25) is 9.59 Å². The highest BCUT2D eigenvalue weighted by Crippen LogP contribution is 2.09. The molecule has 0 saturated heterocycles. The van der Waals surface area contributed by atoms with Crippen LogP contribution in [0.4, 0.5) is 10.2 Å². The lowest BCUT2D eigenvalue weighted by molar-refractivity contribution is -0.116. The minimum atomic E-state index is -0.394. The largest absolute Gasteiger partial charge is 0.311 e. The van der Waals surface area contributed by atoms with E-state index in [1.807, 2.05) is 13.0 Å². The summed E-state index contributed by atoms with van der Waals surface area (Å²) >= 11 is 0. The molecule has 0 aliphatic rings. The number of rotatable bonds is 5. The smallest absolute Gasteiger partial charge is 0.225 e. The lowest BCUT2D eigenvalue weighted by Gasteiger charge is -2.04. The third-order valence-corrected chi connectivity index (χ3v) is 2.92. The predicted octanol–water partition coefficient (Wildman–Crippen LogP) is 3.13. The Bertz CT molecular complexity index is 636. The number of ketones is 1. The average molecular weight is 286 g/mol. The molecular formula is C16H15FN2O2. The maximum Gasteiger partial charge on any atom is 0.225 e. The molecule has 1 amide bonds. The molecular weight excluding hydrogens is 271 g/mol. The van der Waals surface area contributed by atoms with Gasteiger partial charge in [-0.15, -0.1) is 0 Å². The fraction of sp³-hybridized carbons (Fsp3) is 0.188. The van der Waals surface area contributed by atoms with Crippen molar-refractivity contribution in [2.24, 2.45) is 0 Å². The molecule has 0 bridgehead atoms. The molecule has 0 radical (unpaired) electrons. The molecule has 1 aromatic carbocycles. The average Bonchev–Trinajstić information content (AvgIpc) is 2.48. The van der Waals surface area contributed by atoms with Crippen LogP contribution in [-0.2, 0) is 4.79 Å². The molecule has 0 fully saturated rings. The molecule has 1 N–H and O–H groups in total. The summed E-state index contributed by atoms with van der Waals surface area (Å²) in [5.74, 6) is -0.404. The number of Topliss-reactive ketones (excluding diaryl/α,β-unsaturated/α-hetero) is 1. The van der Waals surface area contributed by atoms with E-state index in [2.05, 4.69) is 10.3 Å². The van der Waals surface area contributed by atoms with Crippen molar-refractivity contribution in [1.82, 2.24) is 4.98 Å². The molecule has 2 aromatic rings. The molecule has 0 aliphatic heterocycles. The van der Waals surface area contributed by atoms with E-state index in [-0.39, 0.29) is 24.5 Å². The van der Waals surface area contributed by atoms with Gasteiger partial charge in [-0.25, -0.2) is 9.37 Å². The van der Waals surface area contributed by atoms with Crippen LogP contribution in [0.25, 0.3) is 0 Å². The Labute approximate surface area is 122 Å². The second kappa shape index (κ2) is 6.74. The van der Waals surface area contributed by atoms with Gasteiger partial charge in [0.15, 0.2) is 5.78 Å². The van der Waals surface area contributed by atoms with E-state index in [0.29, 0.717) is 11.4 Å². The first kappa shape index (κ1) is 14.8. The van der Waals surface area contributed by atoms with Gasteiger partial charge in [0, 0.05) is 24.6 Å². The Morgan fingerprint density at radius 2 is 1.81 bits per heavy atom. The van der Waals surface area contributed by atoms with E-state index in [4.69, 9.17) is 0 Å². The van der Waals surface area contributed by atoms with Crippen molar-refractivity contribution in [2.45, 2.75) is 19.8 Å². The minimum Gasteiger partial charge on any atom is -0.311 e. The summed E-state index contributed by atoms with van der Waals surface area (Å²) in [7, 11) is 0. The number of aromatic nitrogens is 1. The number of carbonyl (C=O) groups excluding carboxylic acids is 2. The summed E-state index contributed by atoms with van der Waals surface area (Å²) in [5, 5.41) is 2.62. The second-order valence-electron chi connectivity index (χ2n) is 4.70. The number of amides is 1. The van der Waals surface area contributed by atoms with E-state index in [0.717, 1.165) is 5.56 Å². The Kier molecular flexibility index (Phi) is 4.77. The van der Waals surface area contributed by atoms with Crippen LogP contribution in [0, 0.1) is 12.7 Å². The fourth-order valence-electron chi connectivity index (χ4n) is 1.75. The van der Waals surface area contributed by atoms with Crippen molar-refractivity contribution < 1.29 is 14.0 Å². The Morgan fingerprint density at radius 1 is 1.10 bits per heavy atom. The van der Waals surface area contributed by atoms with Crippen molar-refractivity contribution in [3.8, 4) is 0 Å². The van der Waals surface area contributed by atoms with Crippen molar-refractivity contribution >= 4 is 17.5 Å². The number of pyridine rings is 1. The maximum absolute atomic E-state index is 12.8. The molecule has 1 heterocycles. The first-order valence-corrected chi connectivity index (χ1v) is 6.56. The quantitative estimate of drug-likeness (QED) is 0.859. The zero-order chi connectivity index (χ0) is 15.2. The highest BCUT2D eigenvalue weighted by atomic mass is 19.1. The SMILES string of the molecule is Cc1ccc(NC(=O)CCC(=O)c2ccc(F)cc2)nc1.